The number of ketones is 1. The van der Waals surface area contributed by atoms with Crippen LogP contribution in [-0.4, -0.2) is 5.78 Å². The molecule has 1 aliphatic rings. The number of hydrogen-bond donors (Lipinski definition) is 0. The zero-order valence-corrected chi connectivity index (χ0v) is 10.1. The van der Waals surface area contributed by atoms with E-state index in [-0.39, 0.29) is 0 Å². The minimum Gasteiger partial charge on any atom is -0.300 e. The molecule has 82 valence electrons. The molecule has 1 rings (SSSR count). The first kappa shape index (κ1) is 11.7. The van der Waals surface area contributed by atoms with Gasteiger partial charge in [-0.25, -0.2) is 0 Å². The number of hydrogen-bond acceptors (Lipinski definition) is 1. The molecular formula is C13H24O. The molecule has 0 heterocycles. The summed E-state index contributed by atoms with van der Waals surface area (Å²) >= 11 is 0. The fourth-order valence-corrected chi connectivity index (χ4v) is 2.35. The van der Waals surface area contributed by atoms with Gasteiger partial charge in [-0.05, 0) is 30.1 Å². The Balaban J connectivity index is 2.53. The van der Waals surface area contributed by atoms with E-state index in [1.54, 1.807) is 0 Å². The highest BCUT2D eigenvalue weighted by atomic mass is 16.1. The molecule has 0 aromatic rings. The molecule has 2 unspecified atom stereocenters. The van der Waals surface area contributed by atoms with Crippen molar-refractivity contribution in [2.45, 2.75) is 59.8 Å². The zero-order chi connectivity index (χ0) is 10.8. The van der Waals surface area contributed by atoms with E-state index in [4.69, 9.17) is 0 Å². The van der Waals surface area contributed by atoms with E-state index >= 15 is 0 Å². The van der Waals surface area contributed by atoms with Crippen molar-refractivity contribution in [2.24, 2.45) is 17.3 Å². The summed E-state index contributed by atoms with van der Waals surface area (Å²) in [6, 6.07) is 0. The van der Waals surface area contributed by atoms with Crippen LogP contribution in [0.25, 0.3) is 0 Å². The van der Waals surface area contributed by atoms with E-state index in [1.807, 2.05) is 0 Å². The van der Waals surface area contributed by atoms with Gasteiger partial charge in [0.25, 0.3) is 0 Å². The Labute approximate surface area is 88.3 Å². The number of carbonyl (C=O) groups is 1. The first-order chi connectivity index (χ1) is 6.44. The number of Topliss-reactive ketones (excluding diaryl/α,β-unsaturated/α-hetero) is 1. The van der Waals surface area contributed by atoms with Crippen LogP contribution >= 0.6 is 0 Å². The normalized spacial score (nSPS) is 29.3. The fourth-order valence-electron chi connectivity index (χ4n) is 2.35. The van der Waals surface area contributed by atoms with Crippen LogP contribution in [0.2, 0.25) is 0 Å². The second-order valence-corrected chi connectivity index (χ2v) is 5.74. The van der Waals surface area contributed by atoms with Gasteiger partial charge in [-0.2, -0.15) is 0 Å². The van der Waals surface area contributed by atoms with Crippen molar-refractivity contribution in [3.05, 3.63) is 0 Å². The van der Waals surface area contributed by atoms with Gasteiger partial charge < -0.3 is 0 Å². The maximum atomic E-state index is 11.4. The van der Waals surface area contributed by atoms with Crippen LogP contribution in [0.15, 0.2) is 0 Å². The number of carbonyl (C=O) groups excluding carboxylic acids is 1. The standard InChI is InChI=1S/C13H24O/c1-5-13(3,4)9-11-8-12(14)7-6-10(11)2/h10-11H,5-9H2,1-4H3. The van der Waals surface area contributed by atoms with E-state index in [0.29, 0.717) is 17.1 Å². The van der Waals surface area contributed by atoms with Crippen LogP contribution in [0.1, 0.15) is 59.8 Å². The molecule has 1 heteroatoms. The van der Waals surface area contributed by atoms with Gasteiger partial charge in [-0.3, -0.25) is 4.79 Å². The average molecular weight is 196 g/mol. The van der Waals surface area contributed by atoms with Crippen molar-refractivity contribution in [1.82, 2.24) is 0 Å². The zero-order valence-electron chi connectivity index (χ0n) is 10.1. The summed E-state index contributed by atoms with van der Waals surface area (Å²) in [5.41, 5.74) is 0.413. The molecule has 0 aromatic heterocycles. The molecule has 0 N–H and O–H groups in total. The molecule has 2 atom stereocenters. The minimum absolute atomic E-state index is 0.413. The summed E-state index contributed by atoms with van der Waals surface area (Å²) in [6.45, 7) is 9.19. The predicted molar refractivity (Wildman–Crippen MR) is 60.2 cm³/mol. The van der Waals surface area contributed by atoms with Gasteiger partial charge in [0.2, 0.25) is 0 Å². The van der Waals surface area contributed by atoms with Crippen molar-refractivity contribution in [3.63, 3.8) is 0 Å². The summed E-state index contributed by atoms with van der Waals surface area (Å²) in [5, 5.41) is 0. The molecule has 1 saturated carbocycles. The van der Waals surface area contributed by atoms with Crippen LogP contribution in [0.5, 0.6) is 0 Å². The third kappa shape index (κ3) is 3.11. The Morgan fingerprint density at radius 1 is 1.43 bits per heavy atom. The second-order valence-electron chi connectivity index (χ2n) is 5.74. The van der Waals surface area contributed by atoms with E-state index in [2.05, 4.69) is 27.7 Å². The van der Waals surface area contributed by atoms with E-state index in [9.17, 15) is 4.79 Å². The minimum atomic E-state index is 0.413. The van der Waals surface area contributed by atoms with Crippen molar-refractivity contribution >= 4 is 5.78 Å². The second kappa shape index (κ2) is 4.46. The van der Waals surface area contributed by atoms with Crippen LogP contribution in [-0.2, 0) is 4.79 Å². The lowest BCUT2D eigenvalue weighted by Gasteiger charge is -2.34. The maximum Gasteiger partial charge on any atom is 0.133 e. The highest BCUT2D eigenvalue weighted by Gasteiger charge is 2.30. The third-order valence-electron chi connectivity index (χ3n) is 3.94. The molecule has 0 amide bonds. The summed E-state index contributed by atoms with van der Waals surface area (Å²) in [4.78, 5) is 11.4. The van der Waals surface area contributed by atoms with Gasteiger partial charge in [0, 0.05) is 12.8 Å². The lowest BCUT2D eigenvalue weighted by molar-refractivity contribution is -0.123. The molecule has 1 nitrogen and oxygen atoms in total. The first-order valence-corrected chi connectivity index (χ1v) is 5.96. The smallest absolute Gasteiger partial charge is 0.133 e. The Bertz CT molecular complexity index is 205. The first-order valence-electron chi connectivity index (χ1n) is 5.96. The fraction of sp³-hybridized carbons (Fsp3) is 0.923. The Kier molecular flexibility index (Phi) is 3.74. The Hall–Kier alpha value is -0.330. The average Bonchev–Trinajstić information content (AvgIpc) is 2.11. The van der Waals surface area contributed by atoms with Gasteiger partial charge in [0.15, 0.2) is 0 Å². The molecule has 1 fully saturated rings. The Morgan fingerprint density at radius 2 is 2.07 bits per heavy atom. The lowest BCUT2D eigenvalue weighted by atomic mass is 9.70. The van der Waals surface area contributed by atoms with Gasteiger partial charge >= 0.3 is 0 Å². The molecule has 0 radical (unpaired) electrons. The maximum absolute atomic E-state index is 11.4. The van der Waals surface area contributed by atoms with Crippen LogP contribution in [0.4, 0.5) is 0 Å². The highest BCUT2D eigenvalue weighted by Crippen LogP contribution is 2.38. The van der Waals surface area contributed by atoms with Crippen LogP contribution in [0, 0.1) is 17.3 Å². The van der Waals surface area contributed by atoms with Gasteiger partial charge in [-0.1, -0.05) is 34.1 Å². The Morgan fingerprint density at radius 3 is 2.64 bits per heavy atom. The lowest BCUT2D eigenvalue weighted by Crippen LogP contribution is -2.27. The molecule has 1 aliphatic carbocycles. The molecule has 0 bridgehead atoms. The largest absolute Gasteiger partial charge is 0.300 e. The highest BCUT2D eigenvalue weighted by molar-refractivity contribution is 5.79. The predicted octanol–water partition coefficient (Wildman–Crippen LogP) is 3.82. The van der Waals surface area contributed by atoms with Gasteiger partial charge in [0.05, 0.1) is 0 Å². The van der Waals surface area contributed by atoms with Gasteiger partial charge in [-0.15, -0.1) is 0 Å². The third-order valence-corrected chi connectivity index (χ3v) is 3.94. The van der Waals surface area contributed by atoms with Crippen LogP contribution < -0.4 is 0 Å². The van der Waals surface area contributed by atoms with E-state index in [1.165, 1.54) is 12.8 Å². The summed E-state index contributed by atoms with van der Waals surface area (Å²) < 4.78 is 0. The summed E-state index contributed by atoms with van der Waals surface area (Å²) in [7, 11) is 0. The monoisotopic (exact) mass is 196 g/mol. The molecule has 0 aromatic carbocycles. The SMILES string of the molecule is CCC(C)(C)CC1CC(=O)CCC1C. The molecule has 0 spiro atoms. The summed E-state index contributed by atoms with van der Waals surface area (Å²) in [6.07, 6.45) is 5.21. The summed E-state index contributed by atoms with van der Waals surface area (Å²) in [5.74, 6) is 1.88. The quantitative estimate of drug-likeness (QED) is 0.670. The molecule has 14 heavy (non-hydrogen) atoms. The topological polar surface area (TPSA) is 17.1 Å². The molecular weight excluding hydrogens is 172 g/mol. The van der Waals surface area contributed by atoms with Crippen molar-refractivity contribution in [1.29, 1.82) is 0 Å². The van der Waals surface area contributed by atoms with E-state index < -0.39 is 0 Å². The van der Waals surface area contributed by atoms with Crippen molar-refractivity contribution < 1.29 is 4.79 Å². The van der Waals surface area contributed by atoms with E-state index in [0.717, 1.165) is 25.2 Å². The molecule has 0 saturated heterocycles. The van der Waals surface area contributed by atoms with Crippen molar-refractivity contribution in [3.8, 4) is 0 Å². The van der Waals surface area contributed by atoms with Crippen molar-refractivity contribution in [2.75, 3.05) is 0 Å². The van der Waals surface area contributed by atoms with Crippen LogP contribution in [0.3, 0.4) is 0 Å². The molecule has 0 aliphatic heterocycles. The van der Waals surface area contributed by atoms with Gasteiger partial charge in [0.1, 0.15) is 5.78 Å². The number of rotatable bonds is 3.